The highest BCUT2D eigenvalue weighted by Crippen LogP contribution is 2.27. The summed E-state index contributed by atoms with van der Waals surface area (Å²) in [6.45, 7) is 5.70. The average Bonchev–Trinajstić information content (AvgIpc) is 3.21. The van der Waals surface area contributed by atoms with E-state index >= 15 is 0 Å². The molecule has 0 bridgehead atoms. The summed E-state index contributed by atoms with van der Waals surface area (Å²) in [4.78, 5) is 17.1. The topological polar surface area (TPSA) is 54.3 Å². The van der Waals surface area contributed by atoms with Crippen LogP contribution in [0, 0.1) is 12.7 Å². The summed E-state index contributed by atoms with van der Waals surface area (Å²) in [5.74, 6) is -0.175. The zero-order valence-electron chi connectivity index (χ0n) is 18.4. The third kappa shape index (κ3) is 3.93. The summed E-state index contributed by atoms with van der Waals surface area (Å²) >= 11 is 0. The molecular weight excluding hydrogens is 405 g/mol. The van der Waals surface area contributed by atoms with Gasteiger partial charge in [-0.2, -0.15) is 0 Å². The van der Waals surface area contributed by atoms with Gasteiger partial charge in [0.25, 0.3) is 5.91 Å². The fourth-order valence-corrected chi connectivity index (χ4v) is 4.85. The molecular formula is C25H28FN5O. The van der Waals surface area contributed by atoms with Crippen molar-refractivity contribution in [1.29, 1.82) is 0 Å². The quantitative estimate of drug-likeness (QED) is 0.626. The molecule has 2 aromatic carbocycles. The van der Waals surface area contributed by atoms with Crippen LogP contribution in [0.15, 0.2) is 42.5 Å². The molecule has 166 valence electrons. The van der Waals surface area contributed by atoms with Gasteiger partial charge in [-0.1, -0.05) is 35.5 Å². The standard InChI is InChI=1S/C25H28FN5O/c1-18-24(25(32)30-13-5-2-6-14-30)27-28-31(18)23-11-7-9-19-16-29(15-12-21(19)23)17-20-8-3-4-10-22(20)26/h3-4,7-11H,2,5-6,12-17H2,1H3. The predicted octanol–water partition coefficient (Wildman–Crippen LogP) is 3.90. The van der Waals surface area contributed by atoms with Crippen molar-refractivity contribution in [1.82, 2.24) is 24.8 Å². The van der Waals surface area contributed by atoms with Crippen molar-refractivity contribution in [3.63, 3.8) is 0 Å². The van der Waals surface area contributed by atoms with Crippen LogP contribution in [0.2, 0.25) is 0 Å². The highest BCUT2D eigenvalue weighted by Gasteiger charge is 2.26. The Labute approximate surface area is 187 Å². The first-order valence-corrected chi connectivity index (χ1v) is 11.4. The highest BCUT2D eigenvalue weighted by molar-refractivity contribution is 5.93. The Morgan fingerprint density at radius 3 is 2.66 bits per heavy atom. The minimum absolute atomic E-state index is 0.0192. The molecule has 0 unspecified atom stereocenters. The summed E-state index contributed by atoms with van der Waals surface area (Å²) in [6.07, 6.45) is 4.12. The molecule has 0 radical (unpaired) electrons. The van der Waals surface area contributed by atoms with Crippen LogP contribution in [-0.2, 0) is 19.5 Å². The van der Waals surface area contributed by atoms with Crippen molar-refractivity contribution < 1.29 is 9.18 Å². The molecule has 3 aromatic rings. The van der Waals surface area contributed by atoms with Crippen LogP contribution in [0.25, 0.3) is 5.69 Å². The van der Waals surface area contributed by atoms with Crippen molar-refractivity contribution in [3.05, 3.63) is 76.4 Å². The molecule has 0 aliphatic carbocycles. The number of amides is 1. The van der Waals surface area contributed by atoms with Crippen molar-refractivity contribution in [3.8, 4) is 5.69 Å². The Kier molecular flexibility index (Phi) is 5.74. The lowest BCUT2D eigenvalue weighted by Gasteiger charge is -2.30. The maximum atomic E-state index is 14.1. The number of halogens is 1. The van der Waals surface area contributed by atoms with E-state index in [1.165, 1.54) is 23.6 Å². The highest BCUT2D eigenvalue weighted by atomic mass is 19.1. The predicted molar refractivity (Wildman–Crippen MR) is 120 cm³/mol. The van der Waals surface area contributed by atoms with Gasteiger partial charge in [0, 0.05) is 38.3 Å². The van der Waals surface area contributed by atoms with Gasteiger partial charge in [0.2, 0.25) is 0 Å². The van der Waals surface area contributed by atoms with Gasteiger partial charge in [-0.3, -0.25) is 9.69 Å². The lowest BCUT2D eigenvalue weighted by molar-refractivity contribution is 0.0717. The minimum atomic E-state index is -0.156. The second kappa shape index (κ2) is 8.82. The third-order valence-electron chi connectivity index (χ3n) is 6.64. The number of piperidine rings is 1. The Balaban J connectivity index is 1.38. The van der Waals surface area contributed by atoms with Crippen LogP contribution in [0.5, 0.6) is 0 Å². The lowest BCUT2D eigenvalue weighted by atomic mass is 9.97. The van der Waals surface area contributed by atoms with E-state index in [-0.39, 0.29) is 11.7 Å². The van der Waals surface area contributed by atoms with Gasteiger partial charge in [0.05, 0.1) is 11.4 Å². The van der Waals surface area contributed by atoms with Crippen LogP contribution >= 0.6 is 0 Å². The molecule has 7 heteroatoms. The Hall–Kier alpha value is -3.06. The van der Waals surface area contributed by atoms with Crippen molar-refractivity contribution in [2.24, 2.45) is 0 Å². The molecule has 0 N–H and O–H groups in total. The molecule has 0 spiro atoms. The SMILES string of the molecule is Cc1c(C(=O)N2CCCCC2)nnn1-c1cccc2c1CCN(Cc1ccccc1F)C2. The number of carbonyl (C=O) groups is 1. The van der Waals surface area contributed by atoms with E-state index in [0.29, 0.717) is 12.2 Å². The molecule has 3 heterocycles. The van der Waals surface area contributed by atoms with E-state index in [1.54, 1.807) is 6.07 Å². The number of fused-ring (bicyclic) bond motifs is 1. The molecule has 2 aliphatic rings. The van der Waals surface area contributed by atoms with E-state index < -0.39 is 0 Å². The fourth-order valence-electron chi connectivity index (χ4n) is 4.85. The Bertz CT molecular complexity index is 1140. The van der Waals surface area contributed by atoms with Gasteiger partial charge in [-0.05, 0) is 55.9 Å². The summed E-state index contributed by atoms with van der Waals surface area (Å²) in [5.41, 5.74) is 5.37. The Morgan fingerprint density at radius 1 is 1.03 bits per heavy atom. The Morgan fingerprint density at radius 2 is 1.84 bits per heavy atom. The molecule has 6 nitrogen and oxygen atoms in total. The molecule has 1 aromatic heterocycles. The second-order valence-corrected chi connectivity index (χ2v) is 8.76. The van der Waals surface area contributed by atoms with E-state index in [0.717, 1.165) is 62.4 Å². The van der Waals surface area contributed by atoms with Crippen molar-refractivity contribution in [2.75, 3.05) is 19.6 Å². The second-order valence-electron chi connectivity index (χ2n) is 8.76. The van der Waals surface area contributed by atoms with Crippen LogP contribution in [-0.4, -0.2) is 50.3 Å². The molecule has 1 amide bonds. The van der Waals surface area contributed by atoms with Gasteiger partial charge in [0.15, 0.2) is 5.69 Å². The summed E-state index contributed by atoms with van der Waals surface area (Å²) in [6, 6.07) is 13.2. The largest absolute Gasteiger partial charge is 0.337 e. The van der Waals surface area contributed by atoms with Crippen LogP contribution in [0.1, 0.15) is 52.1 Å². The van der Waals surface area contributed by atoms with Gasteiger partial charge in [0.1, 0.15) is 5.82 Å². The number of hydrogen-bond acceptors (Lipinski definition) is 4. The molecule has 32 heavy (non-hydrogen) atoms. The number of carbonyl (C=O) groups excluding carboxylic acids is 1. The average molecular weight is 434 g/mol. The smallest absolute Gasteiger partial charge is 0.276 e. The normalized spacial score (nSPS) is 16.8. The van der Waals surface area contributed by atoms with E-state index in [4.69, 9.17) is 0 Å². The first-order valence-electron chi connectivity index (χ1n) is 11.4. The molecule has 5 rings (SSSR count). The van der Waals surface area contributed by atoms with E-state index in [1.807, 2.05) is 40.8 Å². The van der Waals surface area contributed by atoms with Gasteiger partial charge in [-0.25, -0.2) is 9.07 Å². The zero-order valence-corrected chi connectivity index (χ0v) is 18.4. The lowest BCUT2D eigenvalue weighted by Crippen LogP contribution is -2.36. The van der Waals surface area contributed by atoms with Crippen molar-refractivity contribution >= 4 is 5.91 Å². The monoisotopic (exact) mass is 433 g/mol. The minimum Gasteiger partial charge on any atom is -0.337 e. The van der Waals surface area contributed by atoms with Crippen LogP contribution < -0.4 is 0 Å². The van der Waals surface area contributed by atoms with Gasteiger partial charge in [-0.15, -0.1) is 5.10 Å². The number of aromatic nitrogens is 3. The summed E-state index contributed by atoms with van der Waals surface area (Å²) < 4.78 is 15.9. The number of nitrogens with zero attached hydrogens (tertiary/aromatic N) is 5. The molecule has 2 aliphatic heterocycles. The zero-order chi connectivity index (χ0) is 22.1. The first kappa shape index (κ1) is 20.8. The third-order valence-corrected chi connectivity index (χ3v) is 6.64. The van der Waals surface area contributed by atoms with Gasteiger partial charge >= 0.3 is 0 Å². The maximum Gasteiger partial charge on any atom is 0.276 e. The molecule has 0 saturated carbocycles. The number of rotatable bonds is 4. The number of benzene rings is 2. The molecule has 0 atom stereocenters. The number of hydrogen-bond donors (Lipinski definition) is 0. The summed E-state index contributed by atoms with van der Waals surface area (Å²) in [5, 5.41) is 8.63. The maximum absolute atomic E-state index is 14.1. The summed E-state index contributed by atoms with van der Waals surface area (Å²) in [7, 11) is 0. The van der Waals surface area contributed by atoms with E-state index in [2.05, 4.69) is 21.3 Å². The fraction of sp³-hybridized carbons (Fsp3) is 0.400. The molecule has 1 fully saturated rings. The van der Waals surface area contributed by atoms with Crippen molar-refractivity contribution in [2.45, 2.75) is 45.7 Å². The van der Waals surface area contributed by atoms with Gasteiger partial charge < -0.3 is 4.90 Å². The first-order chi connectivity index (χ1) is 15.6. The van der Waals surface area contributed by atoms with Crippen LogP contribution in [0.4, 0.5) is 4.39 Å². The van der Waals surface area contributed by atoms with E-state index in [9.17, 15) is 9.18 Å². The van der Waals surface area contributed by atoms with Crippen LogP contribution in [0.3, 0.4) is 0 Å². The molecule has 1 saturated heterocycles. The number of likely N-dealkylation sites (tertiary alicyclic amines) is 1.